The fourth-order valence-corrected chi connectivity index (χ4v) is 9.79. The minimum Gasteiger partial charge on any atom is -0.456 e. The van der Waals surface area contributed by atoms with Gasteiger partial charge in [-0.25, -0.2) is 0 Å². The van der Waals surface area contributed by atoms with Crippen LogP contribution in [-0.2, 0) is 0 Å². The Hall–Kier alpha value is -7.88. The summed E-state index contributed by atoms with van der Waals surface area (Å²) < 4.78 is 8.86. The molecule has 3 nitrogen and oxygen atoms in total. The fraction of sp³-hybridized carbons (Fsp3) is 0.0345. The Morgan fingerprint density at radius 2 is 1.08 bits per heavy atom. The van der Waals surface area contributed by atoms with Gasteiger partial charge in [-0.15, -0.1) is 0 Å². The Balaban J connectivity index is 1.14. The van der Waals surface area contributed by atoms with Crippen LogP contribution in [-0.4, -0.2) is 4.57 Å². The highest BCUT2D eigenvalue weighted by Gasteiger charge is 2.24. The maximum Gasteiger partial charge on any atom is 0.136 e. The van der Waals surface area contributed by atoms with Crippen LogP contribution in [0, 0.1) is 0 Å². The first-order valence-corrected chi connectivity index (χ1v) is 21.2. The molecule has 12 rings (SSSR count). The Morgan fingerprint density at radius 1 is 0.426 bits per heavy atom. The molecule has 0 saturated heterocycles. The maximum absolute atomic E-state index is 6.47. The molecule has 11 aromatic rings. The highest BCUT2D eigenvalue weighted by Crippen LogP contribution is 2.46. The van der Waals surface area contributed by atoms with Gasteiger partial charge in [-0.3, -0.25) is 0 Å². The topological polar surface area (TPSA) is 21.3 Å². The molecule has 0 fully saturated rings. The summed E-state index contributed by atoms with van der Waals surface area (Å²) in [6.45, 7) is 0. The molecular formula is C58H40N2O. The molecule has 0 saturated carbocycles. The van der Waals surface area contributed by atoms with Crippen molar-refractivity contribution in [3.8, 4) is 27.9 Å². The van der Waals surface area contributed by atoms with E-state index in [1.165, 1.54) is 54.5 Å². The average molecular weight is 781 g/mol. The normalized spacial score (nSPS) is 12.6. The van der Waals surface area contributed by atoms with Crippen molar-refractivity contribution in [1.82, 2.24) is 4.57 Å². The summed E-state index contributed by atoms with van der Waals surface area (Å²) in [5.74, 6) is 0. The third kappa shape index (κ3) is 5.81. The minimum absolute atomic E-state index is 0.884. The zero-order chi connectivity index (χ0) is 40.3. The summed E-state index contributed by atoms with van der Waals surface area (Å²) in [4.78, 5) is 2.50. The van der Waals surface area contributed by atoms with E-state index in [2.05, 4.69) is 222 Å². The summed E-state index contributed by atoms with van der Waals surface area (Å²) in [6, 6.07) is 76.9. The molecule has 0 atom stereocenters. The largest absolute Gasteiger partial charge is 0.456 e. The van der Waals surface area contributed by atoms with Crippen LogP contribution in [0.15, 0.2) is 217 Å². The van der Waals surface area contributed by atoms with Gasteiger partial charge in [0.05, 0.1) is 22.4 Å². The third-order valence-corrected chi connectivity index (χ3v) is 12.5. The van der Waals surface area contributed by atoms with Crippen molar-refractivity contribution in [3.05, 3.63) is 228 Å². The van der Waals surface area contributed by atoms with Crippen LogP contribution < -0.4 is 15.3 Å². The number of nitrogens with zero attached hydrogens (tertiary/aromatic N) is 2. The number of fused-ring (bicyclic) bond motifs is 7. The molecule has 2 heterocycles. The summed E-state index contributed by atoms with van der Waals surface area (Å²) >= 11 is 0. The number of para-hydroxylation sites is 5. The van der Waals surface area contributed by atoms with Gasteiger partial charge in [0.15, 0.2) is 0 Å². The third-order valence-electron chi connectivity index (χ3n) is 12.5. The Bertz CT molecular complexity index is 3600. The highest BCUT2D eigenvalue weighted by molar-refractivity contribution is 6.11. The van der Waals surface area contributed by atoms with Crippen LogP contribution in [0.2, 0.25) is 0 Å². The van der Waals surface area contributed by atoms with E-state index in [0.717, 1.165) is 68.7 Å². The number of hydrogen-bond donors (Lipinski definition) is 0. The smallest absolute Gasteiger partial charge is 0.136 e. The quantitative estimate of drug-likeness (QED) is 0.161. The molecule has 0 aliphatic heterocycles. The predicted octanol–water partition coefficient (Wildman–Crippen LogP) is 14.3. The number of rotatable bonds is 7. The molecule has 288 valence electrons. The fourth-order valence-electron chi connectivity index (χ4n) is 9.79. The standard InChI is InChI=1S/C58H40N2O/c1-3-17-39(18-4-1)45-27-15-19-40-20-16-28-50(58(40)45)46-24-8-12-30-53(46)60(43-34-36-55-51(38-43)47-25-9-13-31-54(47)59(55)42-21-5-2-6-22-42)52-29-11-7-23-44(52)41-33-35-49-48-26-10-14-32-56(48)61-57(49)37-41/h1-15,17-27,29-38H,16,28H2. The lowest BCUT2D eigenvalue weighted by Crippen LogP contribution is -2.32. The molecule has 0 spiro atoms. The molecule has 0 bridgehead atoms. The molecule has 0 N–H and O–H groups in total. The second-order valence-corrected chi connectivity index (χ2v) is 15.9. The first-order valence-electron chi connectivity index (χ1n) is 21.2. The van der Waals surface area contributed by atoms with E-state index in [0.29, 0.717) is 0 Å². The first-order chi connectivity index (χ1) is 30.3. The van der Waals surface area contributed by atoms with E-state index in [-0.39, 0.29) is 0 Å². The van der Waals surface area contributed by atoms with E-state index in [1.807, 2.05) is 6.07 Å². The number of hydrogen-bond acceptors (Lipinski definition) is 2. The van der Waals surface area contributed by atoms with Gasteiger partial charge in [0.1, 0.15) is 11.2 Å². The summed E-state index contributed by atoms with van der Waals surface area (Å²) in [5.41, 5.74) is 15.9. The molecule has 2 aromatic heterocycles. The monoisotopic (exact) mass is 780 g/mol. The van der Waals surface area contributed by atoms with Crippen molar-refractivity contribution < 1.29 is 4.42 Å². The van der Waals surface area contributed by atoms with Crippen molar-refractivity contribution in [2.24, 2.45) is 0 Å². The molecular weight excluding hydrogens is 741 g/mol. The van der Waals surface area contributed by atoms with Gasteiger partial charge in [0.2, 0.25) is 0 Å². The van der Waals surface area contributed by atoms with E-state index in [9.17, 15) is 0 Å². The van der Waals surface area contributed by atoms with Gasteiger partial charge in [-0.05, 0) is 112 Å². The number of aromatic nitrogens is 1. The van der Waals surface area contributed by atoms with Crippen LogP contribution >= 0.6 is 0 Å². The lowest BCUT2D eigenvalue weighted by Gasteiger charge is -2.31. The van der Waals surface area contributed by atoms with Crippen LogP contribution in [0.5, 0.6) is 0 Å². The van der Waals surface area contributed by atoms with Gasteiger partial charge in [-0.2, -0.15) is 0 Å². The average Bonchev–Trinajstić information content (AvgIpc) is 3.87. The first kappa shape index (κ1) is 35.1. The van der Waals surface area contributed by atoms with E-state index in [1.54, 1.807) is 0 Å². The summed E-state index contributed by atoms with van der Waals surface area (Å²) in [7, 11) is 0. The van der Waals surface area contributed by atoms with Crippen LogP contribution in [0.25, 0.3) is 83.3 Å². The molecule has 0 amide bonds. The van der Waals surface area contributed by atoms with Gasteiger partial charge >= 0.3 is 0 Å². The zero-order valence-corrected chi connectivity index (χ0v) is 33.5. The molecule has 1 aliphatic rings. The lowest BCUT2D eigenvalue weighted by molar-refractivity contribution is 0.669. The van der Waals surface area contributed by atoms with Gasteiger partial charge in [-0.1, -0.05) is 152 Å². The van der Waals surface area contributed by atoms with Crippen LogP contribution in [0.4, 0.5) is 17.1 Å². The second kappa shape index (κ2) is 14.4. The predicted molar refractivity (Wildman–Crippen MR) is 256 cm³/mol. The molecule has 9 aromatic carbocycles. The Morgan fingerprint density at radius 3 is 1.93 bits per heavy atom. The zero-order valence-electron chi connectivity index (χ0n) is 33.5. The lowest BCUT2D eigenvalue weighted by atomic mass is 9.88. The van der Waals surface area contributed by atoms with E-state index in [4.69, 9.17) is 4.42 Å². The van der Waals surface area contributed by atoms with Crippen LogP contribution in [0.1, 0.15) is 18.4 Å². The minimum atomic E-state index is 0.884. The molecule has 3 heteroatoms. The molecule has 0 unspecified atom stereocenters. The van der Waals surface area contributed by atoms with E-state index >= 15 is 0 Å². The molecule has 61 heavy (non-hydrogen) atoms. The van der Waals surface area contributed by atoms with Gasteiger partial charge < -0.3 is 13.9 Å². The molecule has 0 radical (unpaired) electrons. The Labute approximate surface area is 354 Å². The number of benzene rings is 9. The number of anilines is 3. The Kier molecular flexibility index (Phi) is 8.31. The van der Waals surface area contributed by atoms with Crippen molar-refractivity contribution in [1.29, 1.82) is 0 Å². The number of furan rings is 1. The highest BCUT2D eigenvalue weighted by atomic mass is 16.3. The van der Waals surface area contributed by atoms with Crippen molar-refractivity contribution in [2.75, 3.05) is 4.90 Å². The van der Waals surface area contributed by atoms with Gasteiger partial charge in [0, 0.05) is 44.0 Å². The van der Waals surface area contributed by atoms with Crippen molar-refractivity contribution in [2.45, 2.75) is 12.8 Å². The van der Waals surface area contributed by atoms with Gasteiger partial charge in [0.25, 0.3) is 0 Å². The maximum atomic E-state index is 6.47. The van der Waals surface area contributed by atoms with Crippen molar-refractivity contribution >= 4 is 72.5 Å². The van der Waals surface area contributed by atoms with Crippen LogP contribution in [0.3, 0.4) is 0 Å². The summed E-state index contributed by atoms with van der Waals surface area (Å²) in [6.07, 6.45) is 4.33. The second-order valence-electron chi connectivity index (χ2n) is 15.9. The summed E-state index contributed by atoms with van der Waals surface area (Å²) in [5, 5.41) is 7.29. The molecule has 1 aliphatic carbocycles. The van der Waals surface area contributed by atoms with E-state index < -0.39 is 0 Å². The van der Waals surface area contributed by atoms with Crippen molar-refractivity contribution in [3.63, 3.8) is 0 Å². The SMILES string of the molecule is C1=c2cccc(-c3ccccc3)c2=C(c2ccccc2N(c2ccc3c(c2)c2ccccc2n3-c2ccccc2)c2ccccc2-c2ccc3c(c2)oc2ccccc23)CC1.